The molecule has 0 spiro atoms. The first-order valence-corrected chi connectivity index (χ1v) is 10.5. The van der Waals surface area contributed by atoms with E-state index in [0.717, 1.165) is 27.8 Å². The van der Waals surface area contributed by atoms with Crippen molar-refractivity contribution >= 4 is 44.9 Å². The zero-order valence-corrected chi connectivity index (χ0v) is 18.1. The van der Waals surface area contributed by atoms with Crippen molar-refractivity contribution in [2.45, 2.75) is 0 Å². The summed E-state index contributed by atoms with van der Waals surface area (Å²) in [6, 6.07) is 14.3. The molecule has 4 rings (SSSR count). The van der Waals surface area contributed by atoms with Gasteiger partial charge >= 0.3 is 0 Å². The van der Waals surface area contributed by atoms with Gasteiger partial charge in [0.25, 0.3) is 11.1 Å². The van der Waals surface area contributed by atoms with E-state index in [4.69, 9.17) is 4.74 Å². The largest absolute Gasteiger partial charge is 0.504 e. The van der Waals surface area contributed by atoms with Crippen molar-refractivity contribution in [3.05, 3.63) is 75.9 Å². The van der Waals surface area contributed by atoms with Crippen molar-refractivity contribution in [2.24, 2.45) is 0 Å². The lowest BCUT2D eigenvalue weighted by Crippen LogP contribution is -2.22. The molecule has 150 valence electrons. The lowest BCUT2D eigenvalue weighted by atomic mass is 10.1. The number of benzene rings is 2. The van der Waals surface area contributed by atoms with Crippen LogP contribution >= 0.6 is 27.7 Å². The van der Waals surface area contributed by atoms with Crippen molar-refractivity contribution in [2.75, 3.05) is 7.05 Å². The molecule has 8 heteroatoms. The minimum Gasteiger partial charge on any atom is -0.504 e. The van der Waals surface area contributed by atoms with Crippen molar-refractivity contribution in [1.29, 1.82) is 0 Å². The molecular weight excluding hydrogens is 468 g/mol. The Hall–Kier alpha value is -3.10. The minimum absolute atomic E-state index is 0.0565. The molecule has 0 radical (unpaired) electrons. The van der Waals surface area contributed by atoms with Gasteiger partial charge in [-0.05, 0) is 64.9 Å². The van der Waals surface area contributed by atoms with Gasteiger partial charge in [0.05, 0.1) is 4.91 Å². The number of hydrogen-bond acceptors (Lipinski definition) is 6. The first-order valence-electron chi connectivity index (χ1n) is 8.85. The predicted molar refractivity (Wildman–Crippen MR) is 119 cm³/mol. The molecule has 0 unspecified atom stereocenters. The Morgan fingerprint density at radius 2 is 1.90 bits per heavy atom. The number of amides is 2. The SMILES string of the molecule is CN1C(=O)S/C(=C\c2cc(Oc3ccc(-c4cccnc4)cc3)c(O)cc2Br)C1=O. The third-order valence-corrected chi connectivity index (χ3v) is 6.08. The second-order valence-corrected chi connectivity index (χ2v) is 8.30. The number of phenols is 1. The van der Waals surface area contributed by atoms with Gasteiger partial charge in [0.15, 0.2) is 11.5 Å². The highest BCUT2D eigenvalue weighted by Gasteiger charge is 2.32. The average Bonchev–Trinajstić information content (AvgIpc) is 2.99. The van der Waals surface area contributed by atoms with Crippen LogP contribution in [0.15, 0.2) is 70.3 Å². The number of aromatic nitrogens is 1. The predicted octanol–water partition coefficient (Wildman–Crippen LogP) is 5.68. The van der Waals surface area contributed by atoms with E-state index in [2.05, 4.69) is 20.9 Å². The number of nitrogens with zero attached hydrogens (tertiary/aromatic N) is 2. The molecule has 2 amide bonds. The standard InChI is InChI=1S/C22H15BrN2O4S/c1-25-21(27)20(30-22(25)28)10-15-9-19(18(26)11-17(15)23)29-16-6-4-13(5-7-16)14-3-2-8-24-12-14/h2-12,26H,1H3/b20-10-. The van der Waals surface area contributed by atoms with Crippen LogP contribution in [0.3, 0.4) is 0 Å². The van der Waals surface area contributed by atoms with E-state index < -0.39 is 0 Å². The molecule has 2 heterocycles. The number of carbonyl (C=O) groups is 2. The van der Waals surface area contributed by atoms with Crippen LogP contribution < -0.4 is 4.74 Å². The van der Waals surface area contributed by atoms with E-state index in [0.29, 0.717) is 20.7 Å². The van der Waals surface area contributed by atoms with Gasteiger partial charge in [0, 0.05) is 23.9 Å². The second kappa shape index (κ2) is 8.33. The number of hydrogen-bond donors (Lipinski definition) is 1. The van der Waals surface area contributed by atoms with Gasteiger partial charge in [-0.15, -0.1) is 0 Å². The minimum atomic E-state index is -0.363. The number of halogens is 1. The van der Waals surface area contributed by atoms with Crippen LogP contribution in [0.4, 0.5) is 4.79 Å². The summed E-state index contributed by atoms with van der Waals surface area (Å²) in [7, 11) is 1.44. The Bertz CT molecular complexity index is 1160. The maximum Gasteiger partial charge on any atom is 0.293 e. The van der Waals surface area contributed by atoms with Crippen LogP contribution in [-0.2, 0) is 4.79 Å². The molecule has 0 atom stereocenters. The summed E-state index contributed by atoms with van der Waals surface area (Å²) in [6.07, 6.45) is 5.09. The van der Waals surface area contributed by atoms with Crippen LogP contribution in [0.2, 0.25) is 0 Å². The summed E-state index contributed by atoms with van der Waals surface area (Å²) in [6.45, 7) is 0. The Morgan fingerprint density at radius 3 is 2.53 bits per heavy atom. The third kappa shape index (κ3) is 4.10. The van der Waals surface area contributed by atoms with Crippen molar-refractivity contribution in [1.82, 2.24) is 9.88 Å². The van der Waals surface area contributed by atoms with Gasteiger partial charge in [0.1, 0.15) is 5.75 Å². The summed E-state index contributed by atoms with van der Waals surface area (Å²) < 4.78 is 6.42. The fourth-order valence-corrected chi connectivity index (χ4v) is 4.08. The van der Waals surface area contributed by atoms with E-state index in [-0.39, 0.29) is 22.6 Å². The maximum atomic E-state index is 12.1. The molecule has 1 saturated heterocycles. The summed E-state index contributed by atoms with van der Waals surface area (Å²) in [5, 5.41) is 9.96. The van der Waals surface area contributed by atoms with Crippen molar-refractivity contribution in [3.63, 3.8) is 0 Å². The molecule has 0 saturated carbocycles. The van der Waals surface area contributed by atoms with Crippen LogP contribution in [-0.4, -0.2) is 33.2 Å². The summed E-state index contributed by atoms with van der Waals surface area (Å²) in [5.41, 5.74) is 2.59. The molecule has 1 N–H and O–H groups in total. The molecule has 0 bridgehead atoms. The molecule has 6 nitrogen and oxygen atoms in total. The van der Waals surface area contributed by atoms with E-state index >= 15 is 0 Å². The number of thioether (sulfide) groups is 1. The second-order valence-electron chi connectivity index (χ2n) is 6.45. The fraction of sp³-hybridized carbons (Fsp3) is 0.0455. The zero-order valence-electron chi connectivity index (χ0n) is 15.7. The summed E-state index contributed by atoms with van der Waals surface area (Å²) in [4.78, 5) is 29.3. The summed E-state index contributed by atoms with van der Waals surface area (Å²) in [5.74, 6) is 0.354. The van der Waals surface area contributed by atoms with Gasteiger partial charge < -0.3 is 9.84 Å². The Labute approximate surface area is 185 Å². The van der Waals surface area contributed by atoms with Crippen molar-refractivity contribution in [3.8, 4) is 28.4 Å². The van der Waals surface area contributed by atoms with E-state index in [1.807, 2.05) is 24.3 Å². The lowest BCUT2D eigenvalue weighted by Gasteiger charge is -2.11. The number of ether oxygens (including phenoxy) is 1. The van der Waals surface area contributed by atoms with Gasteiger partial charge in [-0.25, -0.2) is 0 Å². The molecule has 1 aromatic heterocycles. The first-order chi connectivity index (χ1) is 14.4. The van der Waals surface area contributed by atoms with Crippen molar-refractivity contribution < 1.29 is 19.4 Å². The fourth-order valence-electron chi connectivity index (χ4n) is 2.81. The molecule has 1 aliphatic heterocycles. The van der Waals surface area contributed by atoms with Crippen LogP contribution in [0.1, 0.15) is 5.56 Å². The normalized spacial score (nSPS) is 15.1. The van der Waals surface area contributed by atoms with Gasteiger partial charge in [-0.1, -0.05) is 34.1 Å². The number of likely N-dealkylation sites (N-methyl/N-ethyl adjacent to an activating group) is 1. The molecule has 1 aliphatic rings. The summed E-state index contributed by atoms with van der Waals surface area (Å²) >= 11 is 4.24. The smallest absolute Gasteiger partial charge is 0.293 e. The van der Waals surface area contributed by atoms with Crippen LogP contribution in [0.25, 0.3) is 17.2 Å². The number of aromatic hydroxyl groups is 1. The van der Waals surface area contributed by atoms with E-state index in [9.17, 15) is 14.7 Å². The highest BCUT2D eigenvalue weighted by Crippen LogP contribution is 2.39. The number of pyridine rings is 1. The highest BCUT2D eigenvalue weighted by molar-refractivity contribution is 9.10. The topological polar surface area (TPSA) is 79.7 Å². The molecule has 0 aliphatic carbocycles. The third-order valence-electron chi connectivity index (χ3n) is 4.43. The van der Waals surface area contributed by atoms with Gasteiger partial charge in [0.2, 0.25) is 0 Å². The number of imide groups is 1. The van der Waals surface area contributed by atoms with Crippen LogP contribution in [0.5, 0.6) is 17.2 Å². The van der Waals surface area contributed by atoms with E-state index in [1.165, 1.54) is 13.1 Å². The number of phenolic OH excluding ortho intramolecular Hbond substituents is 1. The average molecular weight is 483 g/mol. The first kappa shape index (κ1) is 20.2. The molecule has 2 aromatic carbocycles. The Kier molecular flexibility index (Phi) is 5.61. The Morgan fingerprint density at radius 1 is 1.13 bits per heavy atom. The molecule has 30 heavy (non-hydrogen) atoms. The quantitative estimate of drug-likeness (QED) is 0.482. The molecule has 1 fully saturated rings. The monoisotopic (exact) mass is 482 g/mol. The van der Waals surface area contributed by atoms with Gasteiger partial charge in [-0.3, -0.25) is 19.5 Å². The van der Waals surface area contributed by atoms with E-state index in [1.54, 1.807) is 36.7 Å². The zero-order chi connectivity index (χ0) is 21.3. The lowest BCUT2D eigenvalue weighted by molar-refractivity contribution is -0.121. The van der Waals surface area contributed by atoms with Gasteiger partial charge in [-0.2, -0.15) is 0 Å². The maximum absolute atomic E-state index is 12.1. The number of rotatable bonds is 4. The number of carbonyl (C=O) groups excluding carboxylic acids is 2. The molecular formula is C22H15BrN2O4S. The highest BCUT2D eigenvalue weighted by atomic mass is 79.9. The van der Waals surface area contributed by atoms with Crippen LogP contribution in [0, 0.1) is 0 Å². The molecule has 3 aromatic rings. The Balaban J connectivity index is 1.60.